The summed E-state index contributed by atoms with van der Waals surface area (Å²) in [4.78, 5) is 11.5. The third-order valence-corrected chi connectivity index (χ3v) is 2.67. The lowest BCUT2D eigenvalue weighted by Gasteiger charge is -2.08. The predicted molar refractivity (Wildman–Crippen MR) is 65.7 cm³/mol. The fraction of sp³-hybridized carbons (Fsp3) is 0.462. The normalized spacial score (nSPS) is 12.2. The first-order valence-electron chi connectivity index (χ1n) is 5.83. The van der Waals surface area contributed by atoms with Crippen molar-refractivity contribution in [3.8, 4) is 0 Å². The van der Waals surface area contributed by atoms with E-state index in [2.05, 4.69) is 5.32 Å². The molecule has 0 aliphatic rings. The molecule has 0 radical (unpaired) electrons. The first-order valence-corrected chi connectivity index (χ1v) is 5.83. The zero-order chi connectivity index (χ0) is 12.7. The predicted octanol–water partition coefficient (Wildman–Crippen LogP) is 1.82. The number of nitrogens with one attached hydrogen (secondary N) is 1. The molecular formula is C13H19FN2O. The smallest absolute Gasteiger partial charge is 0.220 e. The SMILES string of the molecule is CC(CN)CCC(=O)NCc1ccc(F)cc1. The molecule has 3 N–H and O–H groups in total. The van der Waals surface area contributed by atoms with E-state index in [0.29, 0.717) is 25.4 Å². The Labute approximate surface area is 101 Å². The second-order valence-corrected chi connectivity index (χ2v) is 4.28. The Hall–Kier alpha value is -1.42. The largest absolute Gasteiger partial charge is 0.352 e. The number of nitrogens with two attached hydrogens (primary N) is 1. The van der Waals surface area contributed by atoms with Crippen LogP contribution in [0.2, 0.25) is 0 Å². The van der Waals surface area contributed by atoms with Gasteiger partial charge in [-0.2, -0.15) is 0 Å². The monoisotopic (exact) mass is 238 g/mol. The van der Waals surface area contributed by atoms with Crippen molar-refractivity contribution in [3.63, 3.8) is 0 Å². The maximum absolute atomic E-state index is 12.6. The Morgan fingerprint density at radius 1 is 1.41 bits per heavy atom. The fourth-order valence-electron chi connectivity index (χ4n) is 1.39. The van der Waals surface area contributed by atoms with Crippen LogP contribution in [0.25, 0.3) is 0 Å². The lowest BCUT2D eigenvalue weighted by atomic mass is 10.1. The molecule has 0 heterocycles. The summed E-state index contributed by atoms with van der Waals surface area (Å²) >= 11 is 0. The van der Waals surface area contributed by atoms with Crippen LogP contribution in [0, 0.1) is 11.7 Å². The minimum absolute atomic E-state index is 0.00891. The van der Waals surface area contributed by atoms with Gasteiger partial charge >= 0.3 is 0 Å². The van der Waals surface area contributed by atoms with Crippen LogP contribution in [0.3, 0.4) is 0 Å². The second kappa shape index (κ2) is 7.01. The number of hydrogen-bond acceptors (Lipinski definition) is 2. The number of benzene rings is 1. The summed E-state index contributed by atoms with van der Waals surface area (Å²) in [6.45, 7) is 3.06. The highest BCUT2D eigenvalue weighted by atomic mass is 19.1. The summed E-state index contributed by atoms with van der Waals surface area (Å²) < 4.78 is 12.6. The molecule has 0 fully saturated rings. The second-order valence-electron chi connectivity index (χ2n) is 4.28. The van der Waals surface area contributed by atoms with Gasteiger partial charge in [-0.15, -0.1) is 0 Å². The summed E-state index contributed by atoms with van der Waals surface area (Å²) in [5, 5.41) is 2.80. The Balaban J connectivity index is 2.26. The number of hydrogen-bond donors (Lipinski definition) is 2. The van der Waals surface area contributed by atoms with E-state index < -0.39 is 0 Å². The van der Waals surface area contributed by atoms with Crippen molar-refractivity contribution in [2.45, 2.75) is 26.3 Å². The Morgan fingerprint density at radius 2 is 2.06 bits per heavy atom. The summed E-state index contributed by atoms with van der Waals surface area (Å²) in [6.07, 6.45) is 1.28. The lowest BCUT2D eigenvalue weighted by Crippen LogP contribution is -2.23. The van der Waals surface area contributed by atoms with Crippen molar-refractivity contribution in [2.24, 2.45) is 11.7 Å². The van der Waals surface area contributed by atoms with Gasteiger partial charge in [0.15, 0.2) is 0 Å². The third-order valence-electron chi connectivity index (χ3n) is 2.67. The molecule has 1 aromatic rings. The zero-order valence-electron chi connectivity index (χ0n) is 10.1. The average Bonchev–Trinajstić information content (AvgIpc) is 2.35. The summed E-state index contributed by atoms with van der Waals surface area (Å²) in [5.74, 6) is 0.109. The molecule has 3 nitrogen and oxygen atoms in total. The van der Waals surface area contributed by atoms with Crippen LogP contribution >= 0.6 is 0 Å². The molecule has 1 atom stereocenters. The van der Waals surface area contributed by atoms with Crippen molar-refractivity contribution < 1.29 is 9.18 Å². The average molecular weight is 238 g/mol. The van der Waals surface area contributed by atoms with Gasteiger partial charge in [0.05, 0.1) is 0 Å². The van der Waals surface area contributed by atoms with Crippen molar-refractivity contribution in [1.29, 1.82) is 0 Å². The van der Waals surface area contributed by atoms with Gasteiger partial charge in [-0.05, 0) is 36.6 Å². The van der Waals surface area contributed by atoms with E-state index in [1.165, 1.54) is 12.1 Å². The fourth-order valence-corrected chi connectivity index (χ4v) is 1.39. The molecule has 0 spiro atoms. The Kier molecular flexibility index (Phi) is 5.63. The Morgan fingerprint density at radius 3 is 2.65 bits per heavy atom. The topological polar surface area (TPSA) is 55.1 Å². The van der Waals surface area contributed by atoms with Crippen LogP contribution in [0.4, 0.5) is 4.39 Å². The number of halogens is 1. The molecule has 0 bridgehead atoms. The maximum atomic E-state index is 12.6. The lowest BCUT2D eigenvalue weighted by molar-refractivity contribution is -0.121. The van der Waals surface area contributed by atoms with E-state index in [9.17, 15) is 9.18 Å². The number of rotatable bonds is 6. The van der Waals surface area contributed by atoms with Crippen molar-refractivity contribution in [1.82, 2.24) is 5.32 Å². The molecule has 1 amide bonds. The highest BCUT2D eigenvalue weighted by molar-refractivity contribution is 5.75. The summed E-state index contributed by atoms with van der Waals surface area (Å²) in [7, 11) is 0. The summed E-state index contributed by atoms with van der Waals surface area (Å²) in [5.41, 5.74) is 6.37. The van der Waals surface area contributed by atoms with Crippen LogP contribution in [0.5, 0.6) is 0 Å². The van der Waals surface area contributed by atoms with Gasteiger partial charge in [0.1, 0.15) is 5.82 Å². The maximum Gasteiger partial charge on any atom is 0.220 e. The minimum atomic E-state index is -0.267. The molecule has 0 saturated carbocycles. The molecule has 1 aromatic carbocycles. The highest BCUT2D eigenvalue weighted by Crippen LogP contribution is 2.04. The third kappa shape index (κ3) is 5.45. The first-order chi connectivity index (χ1) is 8.11. The van der Waals surface area contributed by atoms with Gasteiger partial charge in [-0.3, -0.25) is 4.79 Å². The minimum Gasteiger partial charge on any atom is -0.352 e. The first kappa shape index (κ1) is 13.6. The van der Waals surface area contributed by atoms with E-state index >= 15 is 0 Å². The Bertz CT molecular complexity index is 351. The number of amides is 1. The van der Waals surface area contributed by atoms with Crippen molar-refractivity contribution in [2.75, 3.05) is 6.54 Å². The number of carbonyl (C=O) groups is 1. The molecule has 0 aliphatic heterocycles. The van der Waals surface area contributed by atoms with Gasteiger partial charge < -0.3 is 11.1 Å². The molecule has 1 unspecified atom stereocenters. The number of carbonyl (C=O) groups excluding carboxylic acids is 1. The van der Waals surface area contributed by atoms with Gasteiger partial charge in [0, 0.05) is 13.0 Å². The highest BCUT2D eigenvalue weighted by Gasteiger charge is 2.05. The summed E-state index contributed by atoms with van der Waals surface area (Å²) in [6, 6.07) is 6.10. The zero-order valence-corrected chi connectivity index (χ0v) is 10.1. The quantitative estimate of drug-likeness (QED) is 0.794. The molecule has 1 rings (SSSR count). The van der Waals surface area contributed by atoms with Crippen LogP contribution in [0.15, 0.2) is 24.3 Å². The van der Waals surface area contributed by atoms with Gasteiger partial charge in [-0.1, -0.05) is 19.1 Å². The van der Waals surface area contributed by atoms with E-state index in [1.807, 2.05) is 6.92 Å². The van der Waals surface area contributed by atoms with Crippen LogP contribution in [0.1, 0.15) is 25.3 Å². The molecule has 0 aliphatic carbocycles. The van der Waals surface area contributed by atoms with Crippen LogP contribution < -0.4 is 11.1 Å². The standard InChI is InChI=1S/C13H19FN2O/c1-10(8-15)2-7-13(17)16-9-11-3-5-12(14)6-4-11/h3-6,10H,2,7-9,15H2,1H3,(H,16,17). The molecule has 94 valence electrons. The van der Waals surface area contributed by atoms with E-state index in [-0.39, 0.29) is 11.7 Å². The van der Waals surface area contributed by atoms with Crippen molar-refractivity contribution in [3.05, 3.63) is 35.6 Å². The molecule has 17 heavy (non-hydrogen) atoms. The van der Waals surface area contributed by atoms with Gasteiger partial charge in [-0.25, -0.2) is 4.39 Å². The van der Waals surface area contributed by atoms with Gasteiger partial charge in [0.2, 0.25) is 5.91 Å². The molecule has 4 heteroatoms. The van der Waals surface area contributed by atoms with E-state index in [1.54, 1.807) is 12.1 Å². The molecule has 0 aromatic heterocycles. The van der Waals surface area contributed by atoms with E-state index in [0.717, 1.165) is 12.0 Å². The van der Waals surface area contributed by atoms with E-state index in [4.69, 9.17) is 5.73 Å². The van der Waals surface area contributed by atoms with Gasteiger partial charge in [0.25, 0.3) is 0 Å². The molecular weight excluding hydrogens is 219 g/mol. The molecule has 0 saturated heterocycles. The van der Waals surface area contributed by atoms with Crippen LogP contribution in [-0.2, 0) is 11.3 Å². The van der Waals surface area contributed by atoms with Crippen molar-refractivity contribution >= 4 is 5.91 Å². The van der Waals surface area contributed by atoms with Crippen LogP contribution in [-0.4, -0.2) is 12.5 Å².